The van der Waals surface area contributed by atoms with Crippen molar-refractivity contribution >= 4 is 11.7 Å². The first-order valence-corrected chi connectivity index (χ1v) is 10.1. The summed E-state index contributed by atoms with van der Waals surface area (Å²) in [4.78, 5) is 18.6. The molecule has 2 aromatic heterocycles. The van der Waals surface area contributed by atoms with Crippen molar-refractivity contribution in [1.82, 2.24) is 20.5 Å². The second kappa shape index (κ2) is 9.28. The van der Waals surface area contributed by atoms with Crippen molar-refractivity contribution in [3.8, 4) is 0 Å². The maximum absolute atomic E-state index is 12.3. The molecule has 3 aromatic rings. The van der Waals surface area contributed by atoms with Crippen LogP contribution in [0.4, 0.5) is 5.82 Å². The molecule has 3 heterocycles. The zero-order chi connectivity index (χ0) is 19.9. The molecule has 0 aliphatic carbocycles. The number of hydrogen-bond acceptors (Lipinski definition) is 5. The van der Waals surface area contributed by atoms with E-state index >= 15 is 0 Å². The van der Waals surface area contributed by atoms with Gasteiger partial charge in [-0.25, -0.2) is 0 Å². The number of pyridine rings is 1. The fourth-order valence-corrected chi connectivity index (χ4v) is 3.70. The summed E-state index contributed by atoms with van der Waals surface area (Å²) in [5.74, 6) is 1.32. The molecule has 1 amide bonds. The number of piperidine rings is 1. The molecule has 4 rings (SSSR count). The van der Waals surface area contributed by atoms with Gasteiger partial charge < -0.3 is 10.2 Å². The van der Waals surface area contributed by atoms with Crippen LogP contribution in [-0.2, 0) is 13.0 Å². The van der Waals surface area contributed by atoms with Gasteiger partial charge in [0.25, 0.3) is 5.91 Å². The summed E-state index contributed by atoms with van der Waals surface area (Å²) in [6.07, 6.45) is 6.86. The Hall–Kier alpha value is -3.28. The Balaban J connectivity index is 1.27. The van der Waals surface area contributed by atoms with Crippen LogP contribution in [0.25, 0.3) is 0 Å². The SMILES string of the molecule is O=C(NCc1cccnc1)c1ccc(N2CCC(Cc3ccccc3)CC2)nn1. The highest BCUT2D eigenvalue weighted by atomic mass is 16.1. The van der Waals surface area contributed by atoms with Gasteiger partial charge >= 0.3 is 0 Å². The Morgan fingerprint density at radius 2 is 1.76 bits per heavy atom. The molecule has 29 heavy (non-hydrogen) atoms. The zero-order valence-corrected chi connectivity index (χ0v) is 16.4. The summed E-state index contributed by atoms with van der Waals surface area (Å²) in [5, 5.41) is 11.3. The molecule has 1 N–H and O–H groups in total. The summed E-state index contributed by atoms with van der Waals surface area (Å²) >= 11 is 0. The van der Waals surface area contributed by atoms with Crippen molar-refractivity contribution in [2.75, 3.05) is 18.0 Å². The molecule has 0 spiro atoms. The van der Waals surface area contributed by atoms with Crippen LogP contribution in [0.5, 0.6) is 0 Å². The van der Waals surface area contributed by atoms with Gasteiger partial charge in [0.1, 0.15) is 0 Å². The first-order valence-electron chi connectivity index (χ1n) is 10.1. The third-order valence-electron chi connectivity index (χ3n) is 5.36. The minimum Gasteiger partial charge on any atom is -0.355 e. The highest BCUT2D eigenvalue weighted by Gasteiger charge is 2.21. The normalized spacial score (nSPS) is 14.6. The van der Waals surface area contributed by atoms with Crippen molar-refractivity contribution in [2.24, 2.45) is 5.92 Å². The molecule has 0 radical (unpaired) electrons. The van der Waals surface area contributed by atoms with Crippen LogP contribution < -0.4 is 10.2 Å². The fraction of sp³-hybridized carbons (Fsp3) is 0.304. The summed E-state index contributed by atoms with van der Waals surface area (Å²) in [6.45, 7) is 2.36. The summed E-state index contributed by atoms with van der Waals surface area (Å²) in [6, 6.07) is 18.1. The van der Waals surface area contributed by atoms with Crippen molar-refractivity contribution < 1.29 is 4.79 Å². The Kier molecular flexibility index (Phi) is 6.10. The van der Waals surface area contributed by atoms with Gasteiger partial charge in [0.05, 0.1) is 0 Å². The van der Waals surface area contributed by atoms with Gasteiger partial charge in [-0.1, -0.05) is 36.4 Å². The van der Waals surface area contributed by atoms with E-state index in [1.807, 2.05) is 18.2 Å². The van der Waals surface area contributed by atoms with Gasteiger partial charge in [-0.2, -0.15) is 0 Å². The molecule has 0 bridgehead atoms. The van der Waals surface area contributed by atoms with Crippen LogP contribution in [0.2, 0.25) is 0 Å². The molecule has 1 aliphatic heterocycles. The number of benzene rings is 1. The van der Waals surface area contributed by atoms with Gasteiger partial charge in [-0.05, 0) is 54.5 Å². The zero-order valence-electron chi connectivity index (χ0n) is 16.4. The summed E-state index contributed by atoms with van der Waals surface area (Å²) < 4.78 is 0. The van der Waals surface area contributed by atoms with Crippen LogP contribution >= 0.6 is 0 Å². The third kappa shape index (κ3) is 5.16. The molecule has 1 aromatic carbocycles. The quantitative estimate of drug-likeness (QED) is 0.703. The number of rotatable bonds is 6. The van der Waals surface area contributed by atoms with Gasteiger partial charge in [-0.15, -0.1) is 10.2 Å². The molecule has 0 unspecified atom stereocenters. The maximum atomic E-state index is 12.3. The number of hydrogen-bond donors (Lipinski definition) is 1. The molecular weight excluding hydrogens is 362 g/mol. The monoisotopic (exact) mass is 387 g/mol. The second-order valence-electron chi connectivity index (χ2n) is 7.44. The van der Waals surface area contributed by atoms with Crippen LogP contribution in [0.1, 0.15) is 34.5 Å². The lowest BCUT2D eigenvalue weighted by molar-refractivity contribution is 0.0945. The predicted octanol–water partition coefficient (Wildman–Crippen LogP) is 3.26. The molecule has 6 nitrogen and oxygen atoms in total. The molecule has 148 valence electrons. The van der Waals surface area contributed by atoms with E-state index in [-0.39, 0.29) is 5.91 Å². The van der Waals surface area contributed by atoms with Gasteiger partial charge in [-0.3, -0.25) is 9.78 Å². The van der Waals surface area contributed by atoms with Crippen LogP contribution in [-0.4, -0.2) is 34.2 Å². The number of aromatic nitrogens is 3. The van der Waals surface area contributed by atoms with E-state index in [2.05, 4.69) is 55.7 Å². The first kappa shape index (κ1) is 19.1. The Morgan fingerprint density at radius 3 is 2.45 bits per heavy atom. The van der Waals surface area contributed by atoms with Gasteiger partial charge in [0.2, 0.25) is 0 Å². The van der Waals surface area contributed by atoms with Gasteiger partial charge in [0, 0.05) is 32.0 Å². The Bertz CT molecular complexity index is 907. The minimum atomic E-state index is -0.227. The Labute approximate surface area is 171 Å². The molecule has 6 heteroatoms. The first-order chi connectivity index (χ1) is 14.3. The number of carbonyl (C=O) groups excluding carboxylic acids is 1. The lowest BCUT2D eigenvalue weighted by Gasteiger charge is -2.32. The van der Waals surface area contributed by atoms with Crippen molar-refractivity contribution in [1.29, 1.82) is 0 Å². The number of carbonyl (C=O) groups is 1. The largest absolute Gasteiger partial charge is 0.355 e. The Morgan fingerprint density at radius 1 is 0.966 bits per heavy atom. The number of nitrogens with zero attached hydrogens (tertiary/aromatic N) is 4. The number of amides is 1. The van der Waals surface area contributed by atoms with E-state index in [0.29, 0.717) is 18.2 Å². The highest BCUT2D eigenvalue weighted by molar-refractivity contribution is 5.92. The molecular formula is C23H25N5O. The van der Waals surface area contributed by atoms with E-state index in [4.69, 9.17) is 0 Å². The maximum Gasteiger partial charge on any atom is 0.272 e. The van der Waals surface area contributed by atoms with Crippen LogP contribution in [0, 0.1) is 5.92 Å². The fourth-order valence-electron chi connectivity index (χ4n) is 3.70. The lowest BCUT2D eigenvalue weighted by Crippen LogP contribution is -2.35. The van der Waals surface area contributed by atoms with Crippen LogP contribution in [0.3, 0.4) is 0 Å². The molecule has 0 saturated carbocycles. The predicted molar refractivity (Wildman–Crippen MR) is 113 cm³/mol. The number of anilines is 1. The number of nitrogens with one attached hydrogen (secondary N) is 1. The average molecular weight is 387 g/mol. The smallest absolute Gasteiger partial charge is 0.272 e. The van der Waals surface area contributed by atoms with E-state index in [1.165, 1.54) is 5.56 Å². The standard InChI is InChI=1S/C23H25N5O/c29-23(25-17-20-7-4-12-24-16-20)21-8-9-22(27-26-21)28-13-10-19(11-14-28)15-18-5-2-1-3-6-18/h1-9,12,16,19H,10-11,13-15,17H2,(H,25,29). The van der Waals surface area contributed by atoms with Crippen molar-refractivity contribution in [3.05, 3.63) is 83.8 Å². The molecule has 1 aliphatic rings. The third-order valence-corrected chi connectivity index (χ3v) is 5.36. The van der Waals surface area contributed by atoms with E-state index < -0.39 is 0 Å². The van der Waals surface area contributed by atoms with Gasteiger partial charge in [0.15, 0.2) is 11.5 Å². The van der Waals surface area contributed by atoms with E-state index in [9.17, 15) is 4.79 Å². The van der Waals surface area contributed by atoms with Crippen LogP contribution in [0.15, 0.2) is 67.0 Å². The molecule has 1 fully saturated rings. The van der Waals surface area contributed by atoms with Crippen molar-refractivity contribution in [2.45, 2.75) is 25.8 Å². The van der Waals surface area contributed by atoms with Crippen molar-refractivity contribution in [3.63, 3.8) is 0 Å². The second-order valence-corrected chi connectivity index (χ2v) is 7.44. The summed E-state index contributed by atoms with van der Waals surface area (Å²) in [5.41, 5.74) is 2.69. The average Bonchev–Trinajstić information content (AvgIpc) is 2.79. The highest BCUT2D eigenvalue weighted by Crippen LogP contribution is 2.24. The minimum absolute atomic E-state index is 0.227. The molecule has 0 atom stereocenters. The topological polar surface area (TPSA) is 71.0 Å². The lowest BCUT2D eigenvalue weighted by atomic mass is 9.90. The summed E-state index contributed by atoms with van der Waals surface area (Å²) in [7, 11) is 0. The van der Waals surface area contributed by atoms with E-state index in [0.717, 1.165) is 43.7 Å². The molecule has 1 saturated heterocycles. The van der Waals surface area contributed by atoms with E-state index in [1.54, 1.807) is 18.5 Å².